The molecule has 2 bridgehead atoms. The van der Waals surface area contributed by atoms with E-state index in [0.29, 0.717) is 5.41 Å². The second kappa shape index (κ2) is 5.71. The summed E-state index contributed by atoms with van der Waals surface area (Å²) < 4.78 is 1.30. The summed E-state index contributed by atoms with van der Waals surface area (Å²) in [6.45, 7) is 5.22. The first-order valence-electron chi connectivity index (χ1n) is 9.66. The molecule has 0 radical (unpaired) electrons. The molecule has 1 nitrogen and oxygen atoms in total. The second-order valence-corrected chi connectivity index (χ2v) is 8.25. The van der Waals surface area contributed by atoms with Gasteiger partial charge in [-0.3, -0.25) is 0 Å². The molecule has 6 rings (SSSR count). The van der Waals surface area contributed by atoms with Crippen LogP contribution >= 0.6 is 0 Å². The number of nitrogens with zero attached hydrogens (tertiary/aromatic N) is 1. The molecular weight excluding hydrogens is 302 g/mol. The highest BCUT2D eigenvalue weighted by Gasteiger charge is 2.49. The maximum atomic E-state index is 2.47. The van der Waals surface area contributed by atoms with Gasteiger partial charge in [-0.2, -0.15) is 0 Å². The average molecular weight is 328 g/mol. The molecule has 0 N–H and O–H groups in total. The summed E-state index contributed by atoms with van der Waals surface area (Å²) in [6, 6.07) is 27.1. The second-order valence-electron chi connectivity index (χ2n) is 8.25. The minimum absolute atomic E-state index is 0.431. The van der Waals surface area contributed by atoms with E-state index in [1.54, 1.807) is 5.56 Å². The highest BCUT2D eigenvalue weighted by atomic mass is 15.4. The third-order valence-corrected chi connectivity index (χ3v) is 6.92. The smallest absolute Gasteiger partial charge is 0.104 e. The Balaban J connectivity index is 1.41. The first-order chi connectivity index (χ1) is 12.3. The van der Waals surface area contributed by atoms with Gasteiger partial charge in [-0.1, -0.05) is 72.8 Å². The van der Waals surface area contributed by atoms with E-state index in [9.17, 15) is 0 Å². The molecular formula is C24H26N+. The van der Waals surface area contributed by atoms with Crippen molar-refractivity contribution in [2.45, 2.75) is 31.2 Å². The Morgan fingerprint density at radius 3 is 2.04 bits per heavy atom. The van der Waals surface area contributed by atoms with E-state index in [4.69, 9.17) is 0 Å². The fourth-order valence-corrected chi connectivity index (χ4v) is 5.22. The lowest BCUT2D eigenvalue weighted by Crippen LogP contribution is -2.62. The van der Waals surface area contributed by atoms with Crippen LogP contribution in [0.3, 0.4) is 0 Å². The Kier molecular flexibility index (Phi) is 3.46. The molecule has 3 aliphatic heterocycles. The van der Waals surface area contributed by atoms with Crippen molar-refractivity contribution in [2.75, 3.05) is 19.6 Å². The molecule has 3 heterocycles. The Labute approximate surface area is 150 Å². The van der Waals surface area contributed by atoms with E-state index in [-0.39, 0.29) is 0 Å². The molecule has 126 valence electrons. The van der Waals surface area contributed by atoms with Crippen LogP contribution in [-0.2, 0) is 12.0 Å². The van der Waals surface area contributed by atoms with Crippen LogP contribution in [0.25, 0.3) is 10.8 Å². The van der Waals surface area contributed by atoms with Crippen LogP contribution in [0.2, 0.25) is 0 Å². The van der Waals surface area contributed by atoms with Gasteiger partial charge in [0.2, 0.25) is 0 Å². The van der Waals surface area contributed by atoms with Gasteiger partial charge in [0.25, 0.3) is 0 Å². The third kappa shape index (κ3) is 2.58. The lowest BCUT2D eigenvalue weighted by molar-refractivity contribution is -0.955. The summed E-state index contributed by atoms with van der Waals surface area (Å²) >= 11 is 0. The van der Waals surface area contributed by atoms with Gasteiger partial charge >= 0.3 is 0 Å². The van der Waals surface area contributed by atoms with Gasteiger partial charge < -0.3 is 4.48 Å². The number of fused-ring (bicyclic) bond motifs is 4. The van der Waals surface area contributed by atoms with Crippen LogP contribution < -0.4 is 0 Å². The van der Waals surface area contributed by atoms with Crippen LogP contribution in [0.1, 0.15) is 30.4 Å². The predicted octanol–water partition coefficient (Wildman–Crippen LogP) is 5.29. The molecule has 0 aliphatic carbocycles. The number of quaternary nitrogens is 1. The fraction of sp³-hybridized carbons (Fsp3) is 0.333. The maximum absolute atomic E-state index is 2.47. The number of benzene rings is 3. The number of rotatable bonds is 3. The summed E-state index contributed by atoms with van der Waals surface area (Å²) in [5.74, 6) is 0. The van der Waals surface area contributed by atoms with Crippen LogP contribution in [0.5, 0.6) is 0 Å². The van der Waals surface area contributed by atoms with E-state index in [2.05, 4.69) is 72.8 Å². The zero-order valence-electron chi connectivity index (χ0n) is 14.8. The summed E-state index contributed by atoms with van der Waals surface area (Å²) in [4.78, 5) is 0. The highest BCUT2D eigenvalue weighted by molar-refractivity contribution is 5.83. The topological polar surface area (TPSA) is 0 Å². The van der Waals surface area contributed by atoms with Crippen molar-refractivity contribution >= 4 is 10.8 Å². The fourth-order valence-electron chi connectivity index (χ4n) is 5.22. The molecule has 1 heteroatoms. The first-order valence-corrected chi connectivity index (χ1v) is 9.66. The number of piperidine rings is 3. The van der Waals surface area contributed by atoms with Crippen LogP contribution in [0.15, 0.2) is 72.8 Å². The molecule has 3 fully saturated rings. The van der Waals surface area contributed by atoms with Gasteiger partial charge in [0.05, 0.1) is 19.6 Å². The molecule has 0 atom stereocenters. The van der Waals surface area contributed by atoms with Crippen LogP contribution in [0, 0.1) is 0 Å². The molecule has 0 unspecified atom stereocenters. The van der Waals surface area contributed by atoms with Gasteiger partial charge in [-0.25, -0.2) is 0 Å². The molecule has 25 heavy (non-hydrogen) atoms. The summed E-state index contributed by atoms with van der Waals surface area (Å²) in [6.07, 6.45) is 4.04. The minimum atomic E-state index is 0.431. The predicted molar refractivity (Wildman–Crippen MR) is 104 cm³/mol. The van der Waals surface area contributed by atoms with E-state index in [1.165, 1.54) is 66.3 Å². The quantitative estimate of drug-likeness (QED) is 0.573. The lowest BCUT2D eigenvalue weighted by atomic mass is 9.66. The third-order valence-electron chi connectivity index (χ3n) is 6.92. The molecule has 3 aromatic rings. The van der Waals surface area contributed by atoms with Crippen molar-refractivity contribution in [2.24, 2.45) is 0 Å². The van der Waals surface area contributed by atoms with E-state index >= 15 is 0 Å². The van der Waals surface area contributed by atoms with Crippen molar-refractivity contribution in [1.82, 2.24) is 0 Å². The zero-order chi connectivity index (χ0) is 16.7. The summed E-state index contributed by atoms with van der Waals surface area (Å²) in [5, 5.41) is 2.76. The lowest BCUT2D eigenvalue weighted by Gasteiger charge is -2.55. The molecule has 0 spiro atoms. The Morgan fingerprint density at radius 1 is 0.680 bits per heavy atom. The molecule has 3 aromatic carbocycles. The highest BCUT2D eigenvalue weighted by Crippen LogP contribution is 2.47. The van der Waals surface area contributed by atoms with Crippen molar-refractivity contribution < 1.29 is 4.48 Å². The zero-order valence-corrected chi connectivity index (χ0v) is 14.8. The van der Waals surface area contributed by atoms with Gasteiger partial charge in [-0.05, 0) is 16.3 Å². The van der Waals surface area contributed by atoms with Gasteiger partial charge in [-0.15, -0.1) is 0 Å². The Hall–Kier alpha value is -2.12. The van der Waals surface area contributed by atoms with Crippen molar-refractivity contribution in [3.05, 3.63) is 83.9 Å². The van der Waals surface area contributed by atoms with Crippen molar-refractivity contribution in [3.63, 3.8) is 0 Å². The monoisotopic (exact) mass is 328 g/mol. The van der Waals surface area contributed by atoms with E-state index < -0.39 is 0 Å². The van der Waals surface area contributed by atoms with Gasteiger partial charge in [0, 0.05) is 30.2 Å². The Morgan fingerprint density at radius 2 is 1.32 bits per heavy atom. The molecule has 0 amide bonds. The normalized spacial score (nSPS) is 28.3. The summed E-state index contributed by atoms with van der Waals surface area (Å²) in [7, 11) is 0. The molecule has 0 saturated carbocycles. The minimum Gasteiger partial charge on any atom is -0.320 e. The van der Waals surface area contributed by atoms with Crippen molar-refractivity contribution in [1.29, 1.82) is 0 Å². The SMILES string of the molecule is c1ccc(C[N+]23CCC(c4ccc5ccccc5c4)(CC2)CC3)cc1. The number of hydrogen-bond donors (Lipinski definition) is 0. The molecule has 3 saturated heterocycles. The van der Waals surface area contributed by atoms with Gasteiger partial charge in [0.1, 0.15) is 6.54 Å². The summed E-state index contributed by atoms with van der Waals surface area (Å²) in [5.41, 5.74) is 3.52. The Bertz CT molecular complexity index is 872. The molecule has 0 aromatic heterocycles. The number of hydrogen-bond acceptors (Lipinski definition) is 0. The largest absolute Gasteiger partial charge is 0.320 e. The standard InChI is InChI=1S/C24H26N/c1-2-6-20(7-3-1)19-25-15-12-24(13-16-25,14-17-25)23-11-10-21-8-4-5-9-22(21)18-23/h1-11,18H,12-17,19H2/q+1. The first kappa shape index (κ1) is 15.2. The van der Waals surface area contributed by atoms with Crippen LogP contribution in [0.4, 0.5) is 0 Å². The van der Waals surface area contributed by atoms with Crippen LogP contribution in [-0.4, -0.2) is 24.1 Å². The van der Waals surface area contributed by atoms with E-state index in [0.717, 1.165) is 0 Å². The molecule has 3 aliphatic rings. The van der Waals surface area contributed by atoms with Crippen molar-refractivity contribution in [3.8, 4) is 0 Å². The average Bonchev–Trinajstić information content (AvgIpc) is 2.70. The van der Waals surface area contributed by atoms with E-state index in [1.807, 2.05) is 0 Å². The maximum Gasteiger partial charge on any atom is 0.104 e. The van der Waals surface area contributed by atoms with Gasteiger partial charge in [0.15, 0.2) is 0 Å².